The number of rotatable bonds is 4. The summed E-state index contributed by atoms with van der Waals surface area (Å²) in [6, 6.07) is 0. The van der Waals surface area contributed by atoms with Crippen molar-refractivity contribution < 1.29 is 9.53 Å². The van der Waals surface area contributed by atoms with Gasteiger partial charge in [-0.1, -0.05) is 0 Å². The van der Waals surface area contributed by atoms with Crippen LogP contribution in [0.2, 0.25) is 0 Å². The third-order valence-corrected chi connectivity index (χ3v) is 0.815. The second kappa shape index (κ2) is 4.74. The van der Waals surface area contributed by atoms with Crippen molar-refractivity contribution in [2.45, 2.75) is 13.2 Å². The zero-order valence-electron chi connectivity index (χ0n) is 5.10. The predicted molar refractivity (Wildman–Crippen MR) is 30.2 cm³/mol. The standard InChI is InChI=1S/C5H10NO2/c1-5(8-2)6-3-4-7/h5-6H,3H2,1-2H3. The van der Waals surface area contributed by atoms with E-state index in [2.05, 4.69) is 5.32 Å². The molecule has 0 aromatic rings. The molecule has 47 valence electrons. The molecule has 8 heavy (non-hydrogen) atoms. The number of hydrogen-bond donors (Lipinski definition) is 1. The normalized spacial score (nSPS) is 13.2. The number of ether oxygens (including phenoxy) is 1. The maximum atomic E-state index is 9.58. The lowest BCUT2D eigenvalue weighted by Gasteiger charge is -2.06. The minimum absolute atomic E-state index is 0.0588. The van der Waals surface area contributed by atoms with Crippen molar-refractivity contribution in [3.63, 3.8) is 0 Å². The zero-order chi connectivity index (χ0) is 6.41. The quantitative estimate of drug-likeness (QED) is 0.511. The Labute approximate surface area is 49.0 Å². The van der Waals surface area contributed by atoms with Crippen molar-refractivity contribution >= 4 is 6.29 Å². The first kappa shape index (κ1) is 7.59. The fraction of sp³-hybridized carbons (Fsp3) is 0.800. The van der Waals surface area contributed by atoms with Crippen LogP contribution in [0.5, 0.6) is 0 Å². The van der Waals surface area contributed by atoms with Crippen LogP contribution in [0.15, 0.2) is 0 Å². The molecule has 0 amide bonds. The maximum absolute atomic E-state index is 9.58. The second-order valence-corrected chi connectivity index (χ2v) is 1.40. The molecule has 0 aromatic carbocycles. The van der Waals surface area contributed by atoms with Gasteiger partial charge in [0.2, 0.25) is 6.29 Å². The van der Waals surface area contributed by atoms with Gasteiger partial charge < -0.3 is 4.74 Å². The fourth-order valence-corrected chi connectivity index (χ4v) is 0.269. The van der Waals surface area contributed by atoms with Crippen LogP contribution in [-0.4, -0.2) is 26.2 Å². The van der Waals surface area contributed by atoms with E-state index in [0.29, 0.717) is 0 Å². The highest BCUT2D eigenvalue weighted by molar-refractivity contribution is 5.52. The van der Waals surface area contributed by atoms with Crippen molar-refractivity contribution in [2.24, 2.45) is 0 Å². The lowest BCUT2D eigenvalue weighted by molar-refractivity contribution is 0.0937. The summed E-state index contributed by atoms with van der Waals surface area (Å²) < 4.78 is 4.76. The molecule has 0 bridgehead atoms. The Morgan fingerprint density at radius 3 is 2.88 bits per heavy atom. The monoisotopic (exact) mass is 116 g/mol. The van der Waals surface area contributed by atoms with Crippen molar-refractivity contribution in [1.82, 2.24) is 5.32 Å². The second-order valence-electron chi connectivity index (χ2n) is 1.40. The number of carbonyl (C=O) groups excluding carboxylic acids is 1. The van der Waals surface area contributed by atoms with E-state index in [-0.39, 0.29) is 12.8 Å². The maximum Gasteiger partial charge on any atom is 0.213 e. The Balaban J connectivity index is 2.97. The molecule has 1 N–H and O–H groups in total. The summed E-state index contributed by atoms with van der Waals surface area (Å²) in [6.07, 6.45) is 1.63. The highest BCUT2D eigenvalue weighted by atomic mass is 16.5. The molecule has 0 aliphatic rings. The van der Waals surface area contributed by atoms with Gasteiger partial charge in [0.15, 0.2) is 0 Å². The molecule has 0 aliphatic heterocycles. The molecule has 3 heteroatoms. The van der Waals surface area contributed by atoms with Crippen molar-refractivity contribution in [3.8, 4) is 0 Å². The highest BCUT2D eigenvalue weighted by Gasteiger charge is 1.93. The van der Waals surface area contributed by atoms with Gasteiger partial charge in [-0.15, -0.1) is 0 Å². The number of nitrogens with one attached hydrogen (secondary N) is 1. The minimum atomic E-state index is -0.0588. The van der Waals surface area contributed by atoms with Gasteiger partial charge in [-0.3, -0.25) is 10.1 Å². The van der Waals surface area contributed by atoms with Gasteiger partial charge in [0.25, 0.3) is 0 Å². The fourth-order valence-electron chi connectivity index (χ4n) is 0.269. The summed E-state index contributed by atoms with van der Waals surface area (Å²) in [6.45, 7) is 2.05. The molecule has 0 heterocycles. The Morgan fingerprint density at radius 1 is 1.88 bits per heavy atom. The first-order valence-corrected chi connectivity index (χ1v) is 2.42. The van der Waals surface area contributed by atoms with Crippen LogP contribution < -0.4 is 5.32 Å². The van der Waals surface area contributed by atoms with E-state index in [4.69, 9.17) is 4.74 Å². The van der Waals surface area contributed by atoms with E-state index in [9.17, 15) is 4.79 Å². The van der Waals surface area contributed by atoms with Crippen LogP contribution in [0.4, 0.5) is 0 Å². The van der Waals surface area contributed by atoms with Gasteiger partial charge in [-0.25, -0.2) is 0 Å². The lowest BCUT2D eigenvalue weighted by atomic mass is 10.6. The Morgan fingerprint density at radius 2 is 2.50 bits per heavy atom. The van der Waals surface area contributed by atoms with Gasteiger partial charge in [0, 0.05) is 7.11 Å². The number of methoxy groups -OCH3 is 1. The third kappa shape index (κ3) is 3.77. The van der Waals surface area contributed by atoms with Gasteiger partial charge in [0.05, 0.1) is 6.54 Å². The zero-order valence-corrected chi connectivity index (χ0v) is 5.10. The smallest absolute Gasteiger partial charge is 0.213 e. The molecule has 0 aliphatic carbocycles. The van der Waals surface area contributed by atoms with Crippen molar-refractivity contribution in [2.75, 3.05) is 13.7 Å². The Bertz CT molecular complexity index is 65.4. The van der Waals surface area contributed by atoms with Gasteiger partial charge >= 0.3 is 0 Å². The van der Waals surface area contributed by atoms with Crippen LogP contribution in [-0.2, 0) is 9.53 Å². The van der Waals surface area contributed by atoms with Gasteiger partial charge in [-0.05, 0) is 6.92 Å². The summed E-state index contributed by atoms with van der Waals surface area (Å²) in [5.74, 6) is 0. The SMILES string of the molecule is COC(C)NC[C]=O. The van der Waals surface area contributed by atoms with E-state index in [1.807, 2.05) is 6.92 Å². The topological polar surface area (TPSA) is 38.3 Å². The summed E-state index contributed by atoms with van der Waals surface area (Å²) in [4.78, 5) is 9.58. The molecule has 1 radical (unpaired) electrons. The molecule has 0 aromatic heterocycles. The van der Waals surface area contributed by atoms with Gasteiger partial charge in [-0.2, -0.15) is 0 Å². The average molecular weight is 116 g/mol. The molecule has 0 fully saturated rings. The Kier molecular flexibility index (Phi) is 4.50. The Hall–Kier alpha value is -0.410. The third-order valence-electron chi connectivity index (χ3n) is 0.815. The van der Waals surface area contributed by atoms with E-state index < -0.39 is 0 Å². The van der Waals surface area contributed by atoms with E-state index in [0.717, 1.165) is 0 Å². The average Bonchev–Trinajstić information content (AvgIpc) is 1.83. The minimum Gasteiger partial charge on any atom is -0.367 e. The molecule has 0 rings (SSSR count). The van der Waals surface area contributed by atoms with E-state index in [1.165, 1.54) is 0 Å². The molecular weight excluding hydrogens is 106 g/mol. The summed E-state index contributed by atoms with van der Waals surface area (Å²) >= 11 is 0. The highest BCUT2D eigenvalue weighted by Crippen LogP contribution is 1.76. The summed E-state index contributed by atoms with van der Waals surface area (Å²) in [5.41, 5.74) is 0. The summed E-state index contributed by atoms with van der Waals surface area (Å²) in [5, 5.41) is 2.74. The van der Waals surface area contributed by atoms with Crippen molar-refractivity contribution in [1.29, 1.82) is 0 Å². The molecule has 0 spiro atoms. The van der Waals surface area contributed by atoms with Crippen molar-refractivity contribution in [3.05, 3.63) is 0 Å². The van der Waals surface area contributed by atoms with Crippen LogP contribution >= 0.6 is 0 Å². The number of hydrogen-bond acceptors (Lipinski definition) is 3. The van der Waals surface area contributed by atoms with Crippen LogP contribution in [0.25, 0.3) is 0 Å². The van der Waals surface area contributed by atoms with Gasteiger partial charge in [0.1, 0.15) is 6.23 Å². The van der Waals surface area contributed by atoms with E-state index >= 15 is 0 Å². The first-order chi connectivity index (χ1) is 3.81. The van der Waals surface area contributed by atoms with E-state index in [1.54, 1.807) is 13.4 Å². The predicted octanol–water partition coefficient (Wildman–Crippen LogP) is -0.322. The largest absolute Gasteiger partial charge is 0.367 e. The molecule has 0 saturated carbocycles. The molecule has 3 nitrogen and oxygen atoms in total. The lowest BCUT2D eigenvalue weighted by Crippen LogP contribution is -2.28. The van der Waals surface area contributed by atoms with Crippen LogP contribution in [0.3, 0.4) is 0 Å². The van der Waals surface area contributed by atoms with Crippen LogP contribution in [0.1, 0.15) is 6.92 Å². The summed E-state index contributed by atoms with van der Waals surface area (Å²) in [7, 11) is 1.57. The molecule has 1 unspecified atom stereocenters. The van der Waals surface area contributed by atoms with Crippen LogP contribution in [0, 0.1) is 0 Å². The first-order valence-electron chi connectivity index (χ1n) is 2.42. The molecule has 1 atom stereocenters. The molecular formula is C5H10NO2. The molecule has 0 saturated heterocycles.